The standard InChI is InChI=1S/C12H17ClN2OS/c1-12(2,3)9-6-10(13)15-11(14-9)8-7-17-5-4-16-8/h6,8H,4-5,7H2,1-3H3. The molecule has 3 nitrogen and oxygen atoms in total. The molecule has 2 heterocycles. The van der Waals surface area contributed by atoms with Crippen LogP contribution in [0.1, 0.15) is 38.4 Å². The molecule has 1 atom stereocenters. The van der Waals surface area contributed by atoms with Crippen molar-refractivity contribution in [3.05, 3.63) is 22.7 Å². The highest BCUT2D eigenvalue weighted by Crippen LogP contribution is 2.28. The van der Waals surface area contributed by atoms with Gasteiger partial charge in [0.15, 0.2) is 5.82 Å². The quantitative estimate of drug-likeness (QED) is 0.735. The number of rotatable bonds is 1. The van der Waals surface area contributed by atoms with Gasteiger partial charge >= 0.3 is 0 Å². The summed E-state index contributed by atoms with van der Waals surface area (Å²) in [5.74, 6) is 2.67. The van der Waals surface area contributed by atoms with E-state index >= 15 is 0 Å². The van der Waals surface area contributed by atoms with E-state index in [-0.39, 0.29) is 11.5 Å². The Bertz CT molecular complexity index is 400. The van der Waals surface area contributed by atoms with Crippen LogP contribution < -0.4 is 0 Å². The van der Waals surface area contributed by atoms with E-state index < -0.39 is 0 Å². The van der Waals surface area contributed by atoms with Crippen molar-refractivity contribution in [2.24, 2.45) is 0 Å². The van der Waals surface area contributed by atoms with Crippen LogP contribution in [-0.2, 0) is 10.2 Å². The van der Waals surface area contributed by atoms with Gasteiger partial charge < -0.3 is 4.74 Å². The molecule has 94 valence electrons. The first-order valence-corrected chi connectivity index (χ1v) is 7.24. The van der Waals surface area contributed by atoms with Crippen LogP contribution in [0.4, 0.5) is 0 Å². The summed E-state index contributed by atoms with van der Waals surface area (Å²) in [6.07, 6.45) is -0.0199. The second-order valence-corrected chi connectivity index (χ2v) is 6.66. The average molecular weight is 273 g/mol. The van der Waals surface area contributed by atoms with Crippen LogP contribution in [0.2, 0.25) is 5.15 Å². The van der Waals surface area contributed by atoms with Crippen molar-refractivity contribution in [2.75, 3.05) is 18.1 Å². The minimum Gasteiger partial charge on any atom is -0.368 e. The Kier molecular flexibility index (Phi) is 3.95. The Hall–Kier alpha value is -0.320. The molecule has 17 heavy (non-hydrogen) atoms. The van der Waals surface area contributed by atoms with Crippen molar-refractivity contribution >= 4 is 23.4 Å². The monoisotopic (exact) mass is 272 g/mol. The fourth-order valence-corrected chi connectivity index (χ4v) is 2.63. The smallest absolute Gasteiger partial charge is 0.159 e. The molecular weight excluding hydrogens is 256 g/mol. The van der Waals surface area contributed by atoms with Crippen molar-refractivity contribution in [3.8, 4) is 0 Å². The SMILES string of the molecule is CC(C)(C)c1cc(Cl)nc(C2CSCCO2)n1. The van der Waals surface area contributed by atoms with Gasteiger partial charge in [0.2, 0.25) is 0 Å². The number of hydrogen-bond acceptors (Lipinski definition) is 4. The second-order valence-electron chi connectivity index (χ2n) is 5.12. The Morgan fingerprint density at radius 1 is 1.41 bits per heavy atom. The zero-order valence-electron chi connectivity index (χ0n) is 10.4. The molecule has 0 amide bonds. The summed E-state index contributed by atoms with van der Waals surface area (Å²) in [5, 5.41) is 0.499. The van der Waals surface area contributed by atoms with Crippen LogP contribution in [0.3, 0.4) is 0 Å². The van der Waals surface area contributed by atoms with Gasteiger partial charge in [-0.3, -0.25) is 0 Å². The first-order valence-electron chi connectivity index (χ1n) is 5.71. The Morgan fingerprint density at radius 2 is 2.18 bits per heavy atom. The van der Waals surface area contributed by atoms with Gasteiger partial charge in [-0.1, -0.05) is 32.4 Å². The number of thioether (sulfide) groups is 1. The zero-order valence-corrected chi connectivity index (χ0v) is 11.9. The van der Waals surface area contributed by atoms with Crippen LogP contribution in [0.5, 0.6) is 0 Å². The van der Waals surface area contributed by atoms with E-state index in [0.29, 0.717) is 5.15 Å². The van der Waals surface area contributed by atoms with Crippen LogP contribution >= 0.6 is 23.4 Å². The molecule has 1 aromatic rings. The van der Waals surface area contributed by atoms with Gasteiger partial charge in [0, 0.05) is 16.9 Å². The molecule has 5 heteroatoms. The van der Waals surface area contributed by atoms with Crippen molar-refractivity contribution in [3.63, 3.8) is 0 Å². The molecule has 0 spiro atoms. The molecule has 0 saturated carbocycles. The Labute approximate surface area is 111 Å². The largest absolute Gasteiger partial charge is 0.368 e. The third-order valence-electron chi connectivity index (χ3n) is 2.58. The van der Waals surface area contributed by atoms with E-state index in [9.17, 15) is 0 Å². The molecule has 0 radical (unpaired) electrons. The highest BCUT2D eigenvalue weighted by atomic mass is 35.5. The van der Waals surface area contributed by atoms with Gasteiger partial charge in [0.25, 0.3) is 0 Å². The maximum absolute atomic E-state index is 6.06. The molecule has 0 bridgehead atoms. The molecule has 0 aliphatic carbocycles. The molecule has 0 aromatic carbocycles. The molecule has 1 saturated heterocycles. The van der Waals surface area contributed by atoms with E-state index in [1.165, 1.54) is 0 Å². The summed E-state index contributed by atoms with van der Waals surface area (Å²) < 4.78 is 5.68. The first-order chi connectivity index (χ1) is 7.97. The lowest BCUT2D eigenvalue weighted by atomic mass is 9.92. The lowest BCUT2D eigenvalue weighted by molar-refractivity contribution is 0.0691. The average Bonchev–Trinajstić information content (AvgIpc) is 2.28. The highest BCUT2D eigenvalue weighted by Gasteiger charge is 2.23. The maximum atomic E-state index is 6.06. The van der Waals surface area contributed by atoms with Crippen molar-refractivity contribution in [2.45, 2.75) is 32.3 Å². The summed E-state index contributed by atoms with van der Waals surface area (Å²) in [4.78, 5) is 8.88. The van der Waals surface area contributed by atoms with Gasteiger partial charge in [0.1, 0.15) is 11.3 Å². The van der Waals surface area contributed by atoms with Gasteiger partial charge in [-0.25, -0.2) is 9.97 Å². The number of nitrogens with zero attached hydrogens (tertiary/aromatic N) is 2. The number of aromatic nitrogens is 2. The van der Waals surface area contributed by atoms with E-state index in [1.807, 2.05) is 17.8 Å². The number of ether oxygens (including phenoxy) is 1. The molecule has 1 fully saturated rings. The Balaban J connectivity index is 2.31. The van der Waals surface area contributed by atoms with Crippen molar-refractivity contribution < 1.29 is 4.74 Å². The molecule has 1 aromatic heterocycles. The summed E-state index contributed by atoms with van der Waals surface area (Å²) >= 11 is 7.93. The van der Waals surface area contributed by atoms with Gasteiger partial charge in [-0.2, -0.15) is 11.8 Å². The lowest BCUT2D eigenvalue weighted by Crippen LogP contribution is -2.21. The topological polar surface area (TPSA) is 35.0 Å². The molecule has 1 aliphatic rings. The maximum Gasteiger partial charge on any atom is 0.159 e. The first kappa shape index (κ1) is 13.1. The van der Waals surface area contributed by atoms with Crippen molar-refractivity contribution in [1.82, 2.24) is 9.97 Å². The normalized spacial score (nSPS) is 21.5. The van der Waals surface area contributed by atoms with Gasteiger partial charge in [-0.05, 0) is 6.07 Å². The zero-order chi connectivity index (χ0) is 12.5. The molecule has 2 rings (SSSR count). The van der Waals surface area contributed by atoms with E-state index in [2.05, 4.69) is 30.7 Å². The van der Waals surface area contributed by atoms with E-state index in [4.69, 9.17) is 16.3 Å². The minimum atomic E-state index is -0.0247. The van der Waals surface area contributed by atoms with Crippen LogP contribution in [-0.4, -0.2) is 28.1 Å². The Morgan fingerprint density at radius 3 is 2.76 bits per heavy atom. The predicted octanol–water partition coefficient (Wildman–Crippen LogP) is 3.23. The predicted molar refractivity (Wildman–Crippen MR) is 71.8 cm³/mol. The molecule has 1 unspecified atom stereocenters. The summed E-state index contributed by atoms with van der Waals surface area (Å²) in [7, 11) is 0. The fraction of sp³-hybridized carbons (Fsp3) is 0.667. The van der Waals surface area contributed by atoms with E-state index in [1.54, 1.807) is 0 Å². The molecular formula is C12H17ClN2OS. The third-order valence-corrected chi connectivity index (χ3v) is 3.77. The van der Waals surface area contributed by atoms with Crippen LogP contribution in [0.15, 0.2) is 6.07 Å². The third kappa shape index (κ3) is 3.33. The summed E-state index contributed by atoms with van der Waals surface area (Å²) in [6.45, 7) is 7.11. The van der Waals surface area contributed by atoms with Crippen LogP contribution in [0.25, 0.3) is 0 Å². The fourth-order valence-electron chi connectivity index (χ4n) is 1.60. The van der Waals surface area contributed by atoms with Gasteiger partial charge in [0.05, 0.1) is 12.3 Å². The van der Waals surface area contributed by atoms with Gasteiger partial charge in [-0.15, -0.1) is 0 Å². The second kappa shape index (κ2) is 5.12. The molecule has 0 N–H and O–H groups in total. The minimum absolute atomic E-state index is 0.0199. The number of halogens is 1. The lowest BCUT2D eigenvalue weighted by Gasteiger charge is -2.23. The molecule has 1 aliphatic heterocycles. The van der Waals surface area contributed by atoms with Crippen LogP contribution in [0, 0.1) is 0 Å². The highest BCUT2D eigenvalue weighted by molar-refractivity contribution is 7.99. The van der Waals surface area contributed by atoms with Crippen molar-refractivity contribution in [1.29, 1.82) is 0 Å². The van der Waals surface area contributed by atoms with E-state index in [0.717, 1.165) is 29.6 Å². The summed E-state index contributed by atoms with van der Waals surface area (Å²) in [6, 6.07) is 1.83. The number of hydrogen-bond donors (Lipinski definition) is 0. The summed E-state index contributed by atoms with van der Waals surface area (Å²) in [5.41, 5.74) is 0.940.